The van der Waals surface area contributed by atoms with E-state index in [1.165, 1.54) is 6.39 Å². The van der Waals surface area contributed by atoms with E-state index in [-0.39, 0.29) is 0 Å². The van der Waals surface area contributed by atoms with Crippen molar-refractivity contribution in [2.24, 2.45) is 0 Å². The third kappa shape index (κ3) is 1.59. The Morgan fingerprint density at radius 3 is 2.36 bits per heavy atom. The molecule has 1 aromatic heterocycles. The number of anilines is 1. The lowest BCUT2D eigenvalue weighted by Crippen LogP contribution is -2.07. The Kier molecular flexibility index (Phi) is 2.18. The van der Waals surface area contributed by atoms with Gasteiger partial charge >= 0.3 is 0 Å². The van der Waals surface area contributed by atoms with E-state index in [0.717, 1.165) is 11.3 Å². The van der Waals surface area contributed by atoms with Gasteiger partial charge in [0, 0.05) is 25.3 Å². The molecule has 1 aromatic carbocycles. The van der Waals surface area contributed by atoms with Crippen LogP contribution in [0.15, 0.2) is 35.2 Å². The molecule has 0 bridgehead atoms. The lowest BCUT2D eigenvalue weighted by atomic mass is 10.2. The van der Waals surface area contributed by atoms with Gasteiger partial charge < -0.3 is 9.42 Å². The molecule has 0 amide bonds. The SMILES string of the molecule is CN(C)c1ccc(-c2ncon2)cc1. The van der Waals surface area contributed by atoms with Gasteiger partial charge in [-0.1, -0.05) is 5.16 Å². The first-order valence-corrected chi connectivity index (χ1v) is 4.31. The molecule has 0 saturated heterocycles. The highest BCUT2D eigenvalue weighted by atomic mass is 16.5. The standard InChI is InChI=1S/C10H11N3O/c1-13(2)9-5-3-8(4-6-9)10-11-7-14-12-10/h3-7H,1-2H3. The van der Waals surface area contributed by atoms with Crippen molar-refractivity contribution >= 4 is 5.69 Å². The maximum Gasteiger partial charge on any atom is 0.214 e. The summed E-state index contributed by atoms with van der Waals surface area (Å²) in [5.74, 6) is 0.621. The van der Waals surface area contributed by atoms with Gasteiger partial charge in [0.1, 0.15) is 0 Å². The van der Waals surface area contributed by atoms with E-state index < -0.39 is 0 Å². The highest BCUT2D eigenvalue weighted by Gasteiger charge is 2.02. The second-order valence-corrected chi connectivity index (χ2v) is 3.20. The predicted octanol–water partition coefficient (Wildman–Crippen LogP) is 1.80. The fourth-order valence-corrected chi connectivity index (χ4v) is 1.21. The molecule has 0 radical (unpaired) electrons. The Morgan fingerprint density at radius 1 is 1.14 bits per heavy atom. The van der Waals surface area contributed by atoms with Crippen LogP contribution in [0.1, 0.15) is 0 Å². The quantitative estimate of drug-likeness (QED) is 0.722. The predicted molar refractivity (Wildman–Crippen MR) is 54.1 cm³/mol. The van der Waals surface area contributed by atoms with E-state index in [1.54, 1.807) is 0 Å². The van der Waals surface area contributed by atoms with E-state index in [1.807, 2.05) is 43.3 Å². The second kappa shape index (κ2) is 3.49. The van der Waals surface area contributed by atoms with Crippen molar-refractivity contribution in [2.75, 3.05) is 19.0 Å². The zero-order chi connectivity index (χ0) is 9.97. The van der Waals surface area contributed by atoms with Crippen LogP contribution in [0.25, 0.3) is 11.4 Å². The highest BCUT2D eigenvalue weighted by Crippen LogP contribution is 2.18. The maximum absolute atomic E-state index is 4.68. The average molecular weight is 189 g/mol. The first-order valence-electron chi connectivity index (χ1n) is 4.31. The second-order valence-electron chi connectivity index (χ2n) is 3.20. The molecule has 0 unspecified atom stereocenters. The largest absolute Gasteiger partial charge is 0.378 e. The zero-order valence-electron chi connectivity index (χ0n) is 8.14. The molecular weight excluding hydrogens is 178 g/mol. The topological polar surface area (TPSA) is 42.2 Å². The number of aromatic nitrogens is 2. The molecule has 0 spiro atoms. The van der Waals surface area contributed by atoms with Crippen molar-refractivity contribution in [1.29, 1.82) is 0 Å². The average Bonchev–Trinajstić information content (AvgIpc) is 2.71. The third-order valence-corrected chi connectivity index (χ3v) is 2.00. The number of nitrogens with zero attached hydrogens (tertiary/aromatic N) is 3. The summed E-state index contributed by atoms with van der Waals surface area (Å²) < 4.78 is 4.68. The van der Waals surface area contributed by atoms with Crippen LogP contribution < -0.4 is 4.90 Å². The van der Waals surface area contributed by atoms with Crippen LogP contribution in [0.2, 0.25) is 0 Å². The Balaban J connectivity index is 2.31. The minimum atomic E-state index is 0.621. The van der Waals surface area contributed by atoms with E-state index in [0.29, 0.717) is 5.82 Å². The molecule has 0 fully saturated rings. The first-order chi connectivity index (χ1) is 6.77. The molecule has 1 heterocycles. The van der Waals surface area contributed by atoms with Gasteiger partial charge in [0.25, 0.3) is 0 Å². The molecule has 0 N–H and O–H groups in total. The molecule has 4 nitrogen and oxygen atoms in total. The van der Waals surface area contributed by atoms with Crippen LogP contribution in [0.5, 0.6) is 0 Å². The van der Waals surface area contributed by atoms with Crippen molar-refractivity contribution in [3.05, 3.63) is 30.7 Å². The Hall–Kier alpha value is -1.84. The highest BCUT2D eigenvalue weighted by molar-refractivity contribution is 5.59. The van der Waals surface area contributed by atoms with Gasteiger partial charge in [-0.05, 0) is 24.3 Å². The molecule has 0 aliphatic heterocycles. The Morgan fingerprint density at radius 2 is 1.86 bits per heavy atom. The minimum absolute atomic E-state index is 0.621. The molecule has 0 atom stereocenters. The lowest BCUT2D eigenvalue weighted by Gasteiger charge is -2.11. The van der Waals surface area contributed by atoms with Crippen LogP contribution in [0, 0.1) is 0 Å². The van der Waals surface area contributed by atoms with Gasteiger partial charge in [0.05, 0.1) is 0 Å². The van der Waals surface area contributed by atoms with Crippen molar-refractivity contribution in [3.8, 4) is 11.4 Å². The molecule has 72 valence electrons. The summed E-state index contributed by atoms with van der Waals surface area (Å²) in [7, 11) is 4.01. The molecule has 0 saturated carbocycles. The van der Waals surface area contributed by atoms with Crippen LogP contribution in [0.3, 0.4) is 0 Å². The molecule has 2 rings (SSSR count). The zero-order valence-corrected chi connectivity index (χ0v) is 8.14. The normalized spacial score (nSPS) is 10.1. The smallest absolute Gasteiger partial charge is 0.214 e. The number of rotatable bonds is 2. The Labute approximate surface area is 82.2 Å². The van der Waals surface area contributed by atoms with Crippen LogP contribution >= 0.6 is 0 Å². The summed E-state index contributed by atoms with van der Waals surface area (Å²) in [6.45, 7) is 0. The lowest BCUT2D eigenvalue weighted by molar-refractivity contribution is 0.419. The van der Waals surface area contributed by atoms with Crippen LogP contribution in [-0.4, -0.2) is 24.2 Å². The fourth-order valence-electron chi connectivity index (χ4n) is 1.21. The minimum Gasteiger partial charge on any atom is -0.378 e. The van der Waals surface area contributed by atoms with Crippen molar-refractivity contribution in [1.82, 2.24) is 10.1 Å². The van der Waals surface area contributed by atoms with Gasteiger partial charge in [-0.3, -0.25) is 0 Å². The number of hydrogen-bond acceptors (Lipinski definition) is 4. The van der Waals surface area contributed by atoms with E-state index in [2.05, 4.69) is 14.7 Å². The number of benzene rings is 1. The summed E-state index contributed by atoms with van der Waals surface area (Å²) in [6.07, 6.45) is 1.33. The summed E-state index contributed by atoms with van der Waals surface area (Å²) in [5.41, 5.74) is 2.11. The molecule has 14 heavy (non-hydrogen) atoms. The summed E-state index contributed by atoms with van der Waals surface area (Å²) in [6, 6.07) is 7.98. The van der Waals surface area contributed by atoms with E-state index >= 15 is 0 Å². The molecule has 0 aliphatic rings. The van der Waals surface area contributed by atoms with E-state index in [4.69, 9.17) is 0 Å². The van der Waals surface area contributed by atoms with Crippen molar-refractivity contribution in [2.45, 2.75) is 0 Å². The molecular formula is C10H11N3O. The fraction of sp³-hybridized carbons (Fsp3) is 0.200. The summed E-state index contributed by atoms with van der Waals surface area (Å²) >= 11 is 0. The number of hydrogen-bond donors (Lipinski definition) is 0. The van der Waals surface area contributed by atoms with Gasteiger partial charge in [-0.2, -0.15) is 4.98 Å². The van der Waals surface area contributed by atoms with Gasteiger partial charge in [0.15, 0.2) is 0 Å². The van der Waals surface area contributed by atoms with Crippen LogP contribution in [-0.2, 0) is 0 Å². The van der Waals surface area contributed by atoms with Gasteiger partial charge in [-0.15, -0.1) is 0 Å². The maximum atomic E-state index is 4.68. The Bertz CT molecular complexity index is 392. The summed E-state index contributed by atoms with van der Waals surface area (Å²) in [4.78, 5) is 6.01. The monoisotopic (exact) mass is 189 g/mol. The van der Waals surface area contributed by atoms with Crippen molar-refractivity contribution in [3.63, 3.8) is 0 Å². The molecule has 0 aliphatic carbocycles. The van der Waals surface area contributed by atoms with E-state index in [9.17, 15) is 0 Å². The van der Waals surface area contributed by atoms with Crippen LogP contribution in [0.4, 0.5) is 5.69 Å². The van der Waals surface area contributed by atoms with Crippen molar-refractivity contribution < 1.29 is 4.52 Å². The molecule has 4 heteroatoms. The third-order valence-electron chi connectivity index (χ3n) is 2.00. The summed E-state index contributed by atoms with van der Waals surface area (Å²) in [5, 5.41) is 3.76. The van der Waals surface area contributed by atoms with Gasteiger partial charge in [-0.25, -0.2) is 0 Å². The first kappa shape index (κ1) is 8.74. The van der Waals surface area contributed by atoms with Gasteiger partial charge in [0.2, 0.25) is 12.2 Å². The molecule has 2 aromatic rings.